The normalized spacial score (nSPS) is 10.6. The number of aromatic nitrogens is 2. The summed E-state index contributed by atoms with van der Waals surface area (Å²) in [4.78, 5) is 20.7. The average Bonchev–Trinajstić information content (AvgIpc) is 2.61. The van der Waals surface area contributed by atoms with Crippen molar-refractivity contribution < 1.29 is 13.6 Å². The van der Waals surface area contributed by atoms with Crippen molar-refractivity contribution in [3.8, 4) is 11.4 Å². The SMILES string of the molecule is Cc1cc(SCC(=O)Nc2ccccc2F)nc(-c2cccc(F)c2)n1. The number of hydrogen-bond acceptors (Lipinski definition) is 4. The Morgan fingerprint density at radius 2 is 1.88 bits per heavy atom. The Labute approximate surface area is 153 Å². The van der Waals surface area contributed by atoms with Gasteiger partial charge in [0.1, 0.15) is 16.7 Å². The highest BCUT2D eigenvalue weighted by Gasteiger charge is 2.10. The van der Waals surface area contributed by atoms with Crippen LogP contribution in [0.15, 0.2) is 59.6 Å². The Morgan fingerprint density at radius 1 is 1.08 bits per heavy atom. The molecule has 0 spiro atoms. The molecule has 132 valence electrons. The molecule has 2 aromatic carbocycles. The van der Waals surface area contributed by atoms with Gasteiger partial charge in [0, 0.05) is 11.3 Å². The molecule has 1 aromatic heterocycles. The molecule has 1 amide bonds. The number of halogens is 2. The van der Waals surface area contributed by atoms with E-state index < -0.39 is 5.82 Å². The second-order valence-electron chi connectivity index (χ2n) is 5.50. The van der Waals surface area contributed by atoms with E-state index in [2.05, 4.69) is 15.3 Å². The molecule has 0 aliphatic heterocycles. The summed E-state index contributed by atoms with van der Waals surface area (Å²) < 4.78 is 27.0. The van der Waals surface area contributed by atoms with E-state index in [9.17, 15) is 13.6 Å². The van der Waals surface area contributed by atoms with Gasteiger partial charge in [-0.3, -0.25) is 4.79 Å². The summed E-state index contributed by atoms with van der Waals surface area (Å²) in [6.07, 6.45) is 0. The average molecular weight is 371 g/mol. The van der Waals surface area contributed by atoms with Crippen LogP contribution in [0.2, 0.25) is 0 Å². The van der Waals surface area contributed by atoms with Crippen LogP contribution in [0.1, 0.15) is 5.69 Å². The maximum Gasteiger partial charge on any atom is 0.234 e. The summed E-state index contributed by atoms with van der Waals surface area (Å²) in [6.45, 7) is 1.80. The van der Waals surface area contributed by atoms with Crippen molar-refractivity contribution >= 4 is 23.4 Å². The zero-order chi connectivity index (χ0) is 18.5. The molecule has 3 aromatic rings. The van der Waals surface area contributed by atoms with Gasteiger partial charge in [-0.15, -0.1) is 0 Å². The van der Waals surface area contributed by atoms with Crippen LogP contribution in [0, 0.1) is 18.6 Å². The highest BCUT2D eigenvalue weighted by atomic mass is 32.2. The molecule has 0 saturated carbocycles. The minimum atomic E-state index is -0.489. The Bertz CT molecular complexity index is 950. The van der Waals surface area contributed by atoms with Crippen molar-refractivity contribution in [2.75, 3.05) is 11.1 Å². The molecule has 3 rings (SSSR count). The van der Waals surface area contributed by atoms with Gasteiger partial charge in [-0.25, -0.2) is 18.7 Å². The molecule has 0 aliphatic carbocycles. The van der Waals surface area contributed by atoms with Gasteiger partial charge in [0.05, 0.1) is 11.4 Å². The molecule has 0 atom stereocenters. The first-order valence-electron chi connectivity index (χ1n) is 7.80. The molecule has 0 bridgehead atoms. The van der Waals surface area contributed by atoms with Gasteiger partial charge in [-0.05, 0) is 37.3 Å². The molecular weight excluding hydrogens is 356 g/mol. The molecule has 0 aliphatic rings. The number of anilines is 1. The van der Waals surface area contributed by atoms with Gasteiger partial charge in [0.25, 0.3) is 0 Å². The minimum absolute atomic E-state index is 0.0629. The van der Waals surface area contributed by atoms with Gasteiger partial charge in [-0.2, -0.15) is 0 Å². The van der Waals surface area contributed by atoms with Crippen LogP contribution < -0.4 is 5.32 Å². The molecule has 26 heavy (non-hydrogen) atoms. The predicted octanol–water partition coefficient (Wildman–Crippen LogP) is 4.46. The number of rotatable bonds is 5. The predicted molar refractivity (Wildman–Crippen MR) is 97.9 cm³/mol. The fourth-order valence-corrected chi connectivity index (χ4v) is 3.01. The lowest BCUT2D eigenvalue weighted by molar-refractivity contribution is -0.113. The van der Waals surface area contributed by atoms with Crippen LogP contribution >= 0.6 is 11.8 Å². The molecule has 1 N–H and O–H groups in total. The number of nitrogens with one attached hydrogen (secondary N) is 1. The van der Waals surface area contributed by atoms with E-state index in [4.69, 9.17) is 0 Å². The Hall–Kier alpha value is -2.80. The fourth-order valence-electron chi connectivity index (χ4n) is 2.26. The highest BCUT2D eigenvalue weighted by molar-refractivity contribution is 7.99. The molecule has 0 saturated heterocycles. The lowest BCUT2D eigenvalue weighted by Crippen LogP contribution is -2.15. The van der Waals surface area contributed by atoms with E-state index in [1.54, 1.807) is 37.3 Å². The lowest BCUT2D eigenvalue weighted by Gasteiger charge is -2.08. The molecule has 7 heteroatoms. The summed E-state index contributed by atoms with van der Waals surface area (Å²) in [5, 5.41) is 3.10. The van der Waals surface area contributed by atoms with Crippen LogP contribution in [-0.4, -0.2) is 21.6 Å². The van der Waals surface area contributed by atoms with Crippen molar-refractivity contribution in [1.82, 2.24) is 9.97 Å². The van der Waals surface area contributed by atoms with Crippen molar-refractivity contribution in [1.29, 1.82) is 0 Å². The first-order valence-corrected chi connectivity index (χ1v) is 8.78. The number of carbonyl (C=O) groups excluding carboxylic acids is 1. The summed E-state index contributed by atoms with van der Waals surface area (Å²) in [7, 11) is 0. The Kier molecular flexibility index (Phi) is 5.58. The zero-order valence-electron chi connectivity index (χ0n) is 13.9. The van der Waals surface area contributed by atoms with Crippen LogP contribution in [0.4, 0.5) is 14.5 Å². The van der Waals surface area contributed by atoms with Crippen LogP contribution in [-0.2, 0) is 4.79 Å². The van der Waals surface area contributed by atoms with Gasteiger partial charge in [0.2, 0.25) is 5.91 Å². The smallest absolute Gasteiger partial charge is 0.234 e. The van der Waals surface area contributed by atoms with Gasteiger partial charge >= 0.3 is 0 Å². The summed E-state index contributed by atoms with van der Waals surface area (Å²) >= 11 is 1.20. The standard InChI is InChI=1S/C19H15F2N3OS/c1-12-9-18(24-19(22-12)13-5-4-6-14(20)10-13)26-11-17(25)23-16-8-3-2-7-15(16)21/h2-10H,11H2,1H3,(H,23,25). The zero-order valence-corrected chi connectivity index (χ0v) is 14.7. The number of nitrogens with zero attached hydrogens (tertiary/aromatic N) is 2. The molecule has 4 nitrogen and oxygen atoms in total. The third kappa shape index (κ3) is 4.64. The number of benzene rings is 2. The quantitative estimate of drug-likeness (QED) is 0.531. The van der Waals surface area contributed by atoms with Crippen molar-refractivity contribution in [2.45, 2.75) is 11.9 Å². The topological polar surface area (TPSA) is 54.9 Å². The molecular formula is C19H15F2N3OS. The molecule has 1 heterocycles. The number of aryl methyl sites for hydroxylation is 1. The maximum atomic E-state index is 13.6. The van der Waals surface area contributed by atoms with Gasteiger partial charge in [-0.1, -0.05) is 36.0 Å². The largest absolute Gasteiger partial charge is 0.323 e. The van der Waals surface area contributed by atoms with E-state index in [1.807, 2.05) is 0 Å². The maximum absolute atomic E-state index is 13.6. The molecule has 0 fully saturated rings. The Morgan fingerprint density at radius 3 is 2.65 bits per heavy atom. The number of para-hydroxylation sites is 1. The summed E-state index contributed by atoms with van der Waals surface area (Å²) in [5.74, 6) is -0.749. The second-order valence-corrected chi connectivity index (χ2v) is 6.49. The van der Waals surface area contributed by atoms with Crippen LogP contribution in [0.5, 0.6) is 0 Å². The van der Waals surface area contributed by atoms with E-state index in [0.717, 1.165) is 0 Å². The summed E-state index contributed by atoms with van der Waals surface area (Å²) in [5.41, 5.74) is 1.40. The van der Waals surface area contributed by atoms with E-state index in [1.165, 1.54) is 36.0 Å². The monoisotopic (exact) mass is 371 g/mol. The summed E-state index contributed by atoms with van der Waals surface area (Å²) in [6, 6.07) is 13.7. The van der Waals surface area contributed by atoms with Crippen LogP contribution in [0.3, 0.4) is 0 Å². The first kappa shape index (κ1) is 18.0. The number of hydrogen-bond donors (Lipinski definition) is 1. The lowest BCUT2D eigenvalue weighted by atomic mass is 10.2. The minimum Gasteiger partial charge on any atom is -0.323 e. The van der Waals surface area contributed by atoms with Gasteiger partial charge in [0.15, 0.2) is 5.82 Å². The second kappa shape index (κ2) is 8.05. The third-order valence-corrected chi connectivity index (χ3v) is 4.32. The number of amides is 1. The van der Waals surface area contributed by atoms with Crippen molar-refractivity contribution in [3.63, 3.8) is 0 Å². The fraction of sp³-hybridized carbons (Fsp3) is 0.105. The van der Waals surface area contributed by atoms with E-state index in [0.29, 0.717) is 22.1 Å². The van der Waals surface area contributed by atoms with Crippen molar-refractivity contribution in [2.24, 2.45) is 0 Å². The number of carbonyl (C=O) groups is 1. The first-order chi connectivity index (χ1) is 12.5. The molecule has 0 radical (unpaired) electrons. The highest BCUT2D eigenvalue weighted by Crippen LogP contribution is 2.22. The van der Waals surface area contributed by atoms with E-state index >= 15 is 0 Å². The third-order valence-electron chi connectivity index (χ3n) is 3.41. The van der Waals surface area contributed by atoms with Crippen molar-refractivity contribution in [3.05, 3.63) is 71.9 Å². The Balaban J connectivity index is 1.70. The van der Waals surface area contributed by atoms with E-state index in [-0.39, 0.29) is 23.2 Å². The van der Waals surface area contributed by atoms with Crippen LogP contribution in [0.25, 0.3) is 11.4 Å². The molecule has 0 unspecified atom stereocenters. The van der Waals surface area contributed by atoms with Gasteiger partial charge < -0.3 is 5.32 Å². The number of thioether (sulfide) groups is 1.